The van der Waals surface area contributed by atoms with E-state index in [4.69, 9.17) is 4.98 Å². The summed E-state index contributed by atoms with van der Waals surface area (Å²) in [4.78, 5) is 31.6. The van der Waals surface area contributed by atoms with Crippen LogP contribution in [0.1, 0.15) is 24.2 Å². The van der Waals surface area contributed by atoms with E-state index in [0.29, 0.717) is 5.69 Å². The number of thioether (sulfide) groups is 1. The number of para-hydroxylation sites is 3. The Labute approximate surface area is 179 Å². The molecule has 3 aromatic rings. The first kappa shape index (κ1) is 18.9. The number of nitrogens with zero attached hydrogens (tertiary/aromatic N) is 3. The maximum atomic E-state index is 13.1. The number of nitrogens with one attached hydrogen (secondary N) is 1. The molecule has 2 amide bonds. The van der Waals surface area contributed by atoms with Crippen molar-refractivity contribution in [2.45, 2.75) is 30.8 Å². The number of aryl methyl sites for hydroxylation is 1. The van der Waals surface area contributed by atoms with Crippen LogP contribution in [-0.4, -0.2) is 33.7 Å². The van der Waals surface area contributed by atoms with Crippen LogP contribution in [0.15, 0.2) is 59.8 Å². The molecule has 7 heteroatoms. The molecule has 0 radical (unpaired) electrons. The summed E-state index contributed by atoms with van der Waals surface area (Å²) < 4.78 is 2.20. The number of benzene rings is 2. The number of anilines is 2. The van der Waals surface area contributed by atoms with Crippen molar-refractivity contribution in [1.82, 2.24) is 9.55 Å². The summed E-state index contributed by atoms with van der Waals surface area (Å²) >= 11 is 1.44. The van der Waals surface area contributed by atoms with Gasteiger partial charge in [-0.1, -0.05) is 42.1 Å². The number of fused-ring (bicyclic) bond motifs is 2. The highest BCUT2D eigenvalue weighted by Crippen LogP contribution is 2.33. The molecule has 30 heavy (non-hydrogen) atoms. The predicted octanol–water partition coefficient (Wildman–Crippen LogP) is 3.83. The van der Waals surface area contributed by atoms with Gasteiger partial charge in [0.15, 0.2) is 5.16 Å². The smallest absolute Gasteiger partial charge is 0.244 e. The van der Waals surface area contributed by atoms with Crippen LogP contribution in [0.3, 0.4) is 0 Å². The molecule has 1 aromatic heterocycles. The Morgan fingerprint density at radius 3 is 2.67 bits per heavy atom. The molecule has 0 saturated carbocycles. The molecular formula is C23H22N4O2S. The molecule has 1 aliphatic carbocycles. The van der Waals surface area contributed by atoms with Gasteiger partial charge in [0, 0.05) is 11.4 Å². The van der Waals surface area contributed by atoms with Crippen LogP contribution >= 0.6 is 11.8 Å². The van der Waals surface area contributed by atoms with Crippen LogP contribution < -0.4 is 10.2 Å². The molecular weight excluding hydrogens is 396 g/mol. The van der Waals surface area contributed by atoms with Gasteiger partial charge in [-0.3, -0.25) is 14.2 Å². The number of hydrogen-bond donors (Lipinski definition) is 1. The van der Waals surface area contributed by atoms with Crippen LogP contribution in [0.2, 0.25) is 0 Å². The Hall–Kier alpha value is -3.06. The molecule has 0 unspecified atom stereocenters. The van der Waals surface area contributed by atoms with Gasteiger partial charge in [0.05, 0.1) is 22.8 Å². The van der Waals surface area contributed by atoms with Crippen molar-refractivity contribution in [2.24, 2.45) is 0 Å². The number of aromatic nitrogens is 2. The first-order valence-corrected chi connectivity index (χ1v) is 11.2. The van der Waals surface area contributed by atoms with Gasteiger partial charge in [-0.05, 0) is 49.9 Å². The summed E-state index contributed by atoms with van der Waals surface area (Å²) in [5.74, 6) is -0.0409. The standard InChI is InChI=1S/C23H22N4O2S/c28-21-14-26(19-12-6-4-10-17(19)24-21)22(29)15-30-23-25-18-11-5-7-13-20(18)27(23)16-8-2-1-3-9-16/h1-4,6,8-10,12H,5,7,11,13-15H2,(H,24,28). The van der Waals surface area contributed by atoms with Crippen molar-refractivity contribution < 1.29 is 9.59 Å². The van der Waals surface area contributed by atoms with Crippen molar-refractivity contribution in [3.05, 3.63) is 66.0 Å². The Balaban J connectivity index is 1.42. The second-order valence-electron chi connectivity index (χ2n) is 7.50. The zero-order chi connectivity index (χ0) is 20.5. The number of imidazole rings is 1. The number of carbonyl (C=O) groups excluding carboxylic acids is 2. The van der Waals surface area contributed by atoms with Gasteiger partial charge >= 0.3 is 0 Å². The van der Waals surface area contributed by atoms with Crippen LogP contribution in [0.25, 0.3) is 5.69 Å². The molecule has 0 spiro atoms. The van der Waals surface area contributed by atoms with Gasteiger partial charge < -0.3 is 10.2 Å². The summed E-state index contributed by atoms with van der Waals surface area (Å²) in [5.41, 5.74) is 4.89. The molecule has 2 aromatic carbocycles. The fraction of sp³-hybridized carbons (Fsp3) is 0.261. The fourth-order valence-corrected chi connectivity index (χ4v) is 5.04. The normalized spacial score (nSPS) is 15.3. The third-order valence-corrected chi connectivity index (χ3v) is 6.44. The number of hydrogen-bond acceptors (Lipinski definition) is 4. The van der Waals surface area contributed by atoms with E-state index in [1.807, 2.05) is 42.5 Å². The highest BCUT2D eigenvalue weighted by atomic mass is 32.2. The van der Waals surface area contributed by atoms with E-state index in [9.17, 15) is 9.59 Å². The lowest BCUT2D eigenvalue weighted by Gasteiger charge is -2.29. The maximum Gasteiger partial charge on any atom is 0.244 e. The van der Waals surface area contributed by atoms with Crippen molar-refractivity contribution in [3.63, 3.8) is 0 Å². The Kier molecular flexibility index (Phi) is 5.04. The molecule has 152 valence electrons. The van der Waals surface area contributed by atoms with E-state index in [2.05, 4.69) is 22.0 Å². The lowest BCUT2D eigenvalue weighted by atomic mass is 10.0. The minimum atomic E-state index is -0.173. The summed E-state index contributed by atoms with van der Waals surface area (Å²) in [6.07, 6.45) is 4.30. The molecule has 1 aliphatic heterocycles. The zero-order valence-corrected chi connectivity index (χ0v) is 17.3. The third kappa shape index (κ3) is 3.50. The monoisotopic (exact) mass is 418 g/mol. The predicted molar refractivity (Wildman–Crippen MR) is 118 cm³/mol. The summed E-state index contributed by atoms with van der Waals surface area (Å²) in [7, 11) is 0. The van der Waals surface area contributed by atoms with E-state index in [1.165, 1.54) is 17.5 Å². The Morgan fingerprint density at radius 1 is 1.03 bits per heavy atom. The minimum Gasteiger partial charge on any atom is -0.323 e. The molecule has 0 saturated heterocycles. The topological polar surface area (TPSA) is 67.2 Å². The first-order chi connectivity index (χ1) is 14.7. The van der Waals surface area contributed by atoms with E-state index in [1.54, 1.807) is 4.90 Å². The number of carbonyl (C=O) groups is 2. The van der Waals surface area contributed by atoms with Gasteiger partial charge in [0.2, 0.25) is 11.8 Å². The van der Waals surface area contributed by atoms with E-state index < -0.39 is 0 Å². The molecule has 0 atom stereocenters. The quantitative estimate of drug-likeness (QED) is 0.654. The fourth-order valence-electron chi connectivity index (χ4n) is 4.12. The van der Waals surface area contributed by atoms with Crippen LogP contribution in [0, 0.1) is 0 Å². The molecule has 0 bridgehead atoms. The van der Waals surface area contributed by atoms with Crippen molar-refractivity contribution >= 4 is 35.0 Å². The molecule has 2 heterocycles. The zero-order valence-electron chi connectivity index (χ0n) is 16.5. The van der Waals surface area contributed by atoms with Crippen molar-refractivity contribution in [3.8, 4) is 5.69 Å². The maximum absolute atomic E-state index is 13.1. The minimum absolute atomic E-state index is 0.0417. The SMILES string of the molecule is O=C1CN(C(=O)CSc2nc3c(n2-c2ccccc2)CCCC3)c2ccccc2N1. The molecule has 6 nitrogen and oxygen atoms in total. The largest absolute Gasteiger partial charge is 0.323 e. The average Bonchev–Trinajstić information content (AvgIpc) is 3.16. The van der Waals surface area contributed by atoms with Crippen molar-refractivity contribution in [2.75, 3.05) is 22.5 Å². The van der Waals surface area contributed by atoms with E-state index in [-0.39, 0.29) is 24.1 Å². The molecule has 0 fully saturated rings. The second kappa shape index (κ2) is 7.99. The molecule has 5 rings (SSSR count). The Bertz CT molecular complexity index is 1110. The lowest BCUT2D eigenvalue weighted by Crippen LogP contribution is -2.43. The molecule has 1 N–H and O–H groups in total. The van der Waals surface area contributed by atoms with Gasteiger partial charge in [-0.15, -0.1) is 0 Å². The van der Waals surface area contributed by atoms with Crippen LogP contribution in [-0.2, 0) is 22.4 Å². The van der Waals surface area contributed by atoms with E-state index in [0.717, 1.165) is 47.9 Å². The lowest BCUT2D eigenvalue weighted by molar-refractivity contribution is -0.120. The summed E-state index contributed by atoms with van der Waals surface area (Å²) in [6, 6.07) is 17.6. The number of rotatable bonds is 4. The van der Waals surface area contributed by atoms with Crippen LogP contribution in [0.4, 0.5) is 11.4 Å². The summed E-state index contributed by atoms with van der Waals surface area (Å²) in [5, 5.41) is 3.67. The van der Waals surface area contributed by atoms with Crippen LogP contribution in [0.5, 0.6) is 0 Å². The van der Waals surface area contributed by atoms with Gasteiger partial charge in [0.1, 0.15) is 6.54 Å². The first-order valence-electron chi connectivity index (χ1n) is 10.2. The third-order valence-electron chi connectivity index (χ3n) is 5.51. The average molecular weight is 419 g/mol. The van der Waals surface area contributed by atoms with Crippen molar-refractivity contribution in [1.29, 1.82) is 0 Å². The van der Waals surface area contributed by atoms with E-state index >= 15 is 0 Å². The van der Waals surface area contributed by atoms with Gasteiger partial charge in [-0.2, -0.15) is 0 Å². The highest BCUT2D eigenvalue weighted by molar-refractivity contribution is 7.99. The second-order valence-corrected chi connectivity index (χ2v) is 8.44. The summed E-state index contributed by atoms with van der Waals surface area (Å²) in [6.45, 7) is 0.0417. The van der Waals surface area contributed by atoms with Gasteiger partial charge in [-0.25, -0.2) is 4.98 Å². The number of amides is 2. The molecule has 2 aliphatic rings. The Morgan fingerprint density at radius 2 is 1.80 bits per heavy atom. The highest BCUT2D eigenvalue weighted by Gasteiger charge is 2.28. The van der Waals surface area contributed by atoms with Gasteiger partial charge in [0.25, 0.3) is 0 Å².